The summed E-state index contributed by atoms with van der Waals surface area (Å²) < 4.78 is 229. The number of hydrogen-bond donors (Lipinski definition) is 10. The molecule has 0 bridgehead atoms. The number of pyridine rings is 1. The topological polar surface area (TPSA) is 515 Å². The van der Waals surface area contributed by atoms with Gasteiger partial charge in [0.15, 0.2) is 57.1 Å². The highest BCUT2D eigenvalue weighted by atomic mass is 79.9. The van der Waals surface area contributed by atoms with Crippen LogP contribution in [0.1, 0.15) is 69.9 Å². The number of aromatic nitrogens is 15. The first kappa shape index (κ1) is 112. The number of aromatic amines is 2. The molecule has 692 valence electrons. The Morgan fingerprint density at radius 3 is 1.13 bits per heavy atom. The van der Waals surface area contributed by atoms with E-state index in [-0.39, 0.29) is 91.6 Å². The number of benzene rings is 4. The molecule has 14 N–H and O–H groups in total. The third kappa shape index (κ3) is 39.9. The third-order valence-corrected chi connectivity index (χ3v) is 15.2. The van der Waals surface area contributed by atoms with Crippen LogP contribution in [0.15, 0.2) is 181 Å². The second-order valence-electron chi connectivity index (χ2n) is 22.3. The second kappa shape index (κ2) is 51.7. The average Bonchev–Trinajstić information content (AvgIpc) is 0.802. The fourth-order valence-electron chi connectivity index (χ4n) is 7.49. The quantitative estimate of drug-likeness (QED) is 0.0345. The highest BCUT2D eigenvalue weighted by Gasteiger charge is 2.42. The van der Waals surface area contributed by atoms with Gasteiger partial charge in [-0.1, -0.05) is 84.3 Å². The summed E-state index contributed by atoms with van der Waals surface area (Å²) in [5.41, 5.74) is 13.4. The molecule has 0 aliphatic rings. The van der Waals surface area contributed by atoms with E-state index < -0.39 is 115 Å². The molecule has 0 aliphatic carbocycles. The van der Waals surface area contributed by atoms with E-state index in [0.29, 0.717) is 57.6 Å². The number of carboxylic acids is 1. The van der Waals surface area contributed by atoms with Gasteiger partial charge in [-0.3, -0.25) is 33.8 Å². The number of Topliss-reactive ketones (excluding diaryl/α,β-unsaturated/α-hetero) is 1. The van der Waals surface area contributed by atoms with Crippen molar-refractivity contribution in [2.45, 2.75) is 40.8 Å². The van der Waals surface area contributed by atoms with Crippen molar-refractivity contribution in [3.05, 3.63) is 263 Å². The van der Waals surface area contributed by atoms with Gasteiger partial charge in [-0.25, -0.2) is 64.6 Å². The molecule has 0 spiro atoms. The number of amides is 2. The number of hydrogen-bond acceptors (Lipinski definition) is 28. The molecular weight excluding hydrogens is 2040 g/mol. The number of phenols is 1. The Hall–Kier alpha value is -13.0. The highest BCUT2D eigenvalue weighted by molar-refractivity contribution is 9.25. The number of phenolic OH excluding ortho intramolecular Hbond substituents is 1. The number of ketones is 1. The Balaban J connectivity index is 0.000000494. The fraction of sp³-hybridized carbons (Fsp3) is 0.143. The summed E-state index contributed by atoms with van der Waals surface area (Å²) in [7, 11) is 4.25. The minimum absolute atomic E-state index is 0. The molecule has 33 nitrogen and oxygen atoms in total. The summed E-state index contributed by atoms with van der Waals surface area (Å²) in [6.07, 6.45) is -15.7. The van der Waals surface area contributed by atoms with Crippen LogP contribution in [0.2, 0.25) is 20.1 Å². The number of aromatic carboxylic acids is 1. The summed E-state index contributed by atoms with van der Waals surface area (Å²) in [5, 5.41) is 23.5. The van der Waals surface area contributed by atoms with Gasteiger partial charge in [0, 0.05) is 32.5 Å². The molecule has 8 aromatic heterocycles. The molecular formula is C70H53Br2Cl6F18N21O12. The van der Waals surface area contributed by atoms with Gasteiger partial charge in [-0.15, -0.1) is 12.4 Å². The largest absolute Gasteiger partial charge is 0.507 e. The van der Waals surface area contributed by atoms with Gasteiger partial charge in [0.05, 0.1) is 106 Å². The Kier molecular flexibility index (Phi) is 45.0. The number of methoxy groups -OCH3 is 3. The standard InChI is InChI=1S/C13H9ClF3N3O2.C12H7ClF3N3O2.C8H6Cl2O2.C8H7ClO3.C7H3F3N4O.2C5H4F3N3.C5H5N.C4H6N4O.C3HBr2F3O.ClH/c1-22-9-3-2-7(14)4-8(9)12(21)20-11-6-18-10(5-19-11)13(15,16)17;13-6-1-2-8(20)7(3-6)11(21)19-10-5-17-9(4-18-10)12(14,15)16;2*1-12-7-3-2-5(9)4-6(7)8(10)11;8-7(9,10)3-1-11-5-4(14-3)6(15)13-2-12-5;2*6-5(7,8)3-1-11-4(9)2-10-3;1-2-4-6-5-3-1;5-2-3(6)7-1-8-4(2)9;4-2(5)1(9)3(6,7)8;/h2-6H,1H3,(H,19,20,21);1-5,20H,(H,18,19,21);2-4H,1H3;2-4H,1H3,(H,10,11);1-2H,(H,11,12,13,15);2*1-2H,(H2,9,11);1-5H;1H,5H2,(H3,6,7,8,9);2H;1H. The smallest absolute Gasteiger partial charge is 0.452 e. The molecule has 4 aromatic carbocycles. The second-order valence-corrected chi connectivity index (χ2v) is 27.4. The molecule has 129 heavy (non-hydrogen) atoms. The van der Waals surface area contributed by atoms with Crippen molar-refractivity contribution >= 4 is 177 Å². The number of nitrogens with one attached hydrogen (secondary N) is 4. The van der Waals surface area contributed by atoms with E-state index >= 15 is 0 Å². The van der Waals surface area contributed by atoms with Crippen LogP contribution in [0.5, 0.6) is 23.0 Å². The van der Waals surface area contributed by atoms with E-state index in [0.717, 1.165) is 31.1 Å². The number of carboxylic acid groups (broad SMARTS) is 1. The van der Waals surface area contributed by atoms with E-state index in [4.69, 9.17) is 100 Å². The molecule has 12 rings (SSSR count). The van der Waals surface area contributed by atoms with E-state index in [1.165, 1.54) is 82.3 Å². The zero-order valence-corrected chi connectivity index (χ0v) is 71.5. The van der Waals surface area contributed by atoms with Crippen molar-refractivity contribution < 1.29 is 127 Å². The molecule has 0 radical (unpaired) electrons. The van der Waals surface area contributed by atoms with Crippen LogP contribution in [0, 0.1) is 0 Å². The molecule has 0 aliphatic heterocycles. The van der Waals surface area contributed by atoms with Gasteiger partial charge in [0.1, 0.15) is 49.6 Å². The molecule has 0 saturated carbocycles. The van der Waals surface area contributed by atoms with Crippen molar-refractivity contribution in [1.82, 2.24) is 74.8 Å². The molecule has 0 fully saturated rings. The molecule has 59 heteroatoms. The van der Waals surface area contributed by atoms with Crippen LogP contribution in [-0.4, -0.2) is 145 Å². The molecule has 8 heterocycles. The van der Waals surface area contributed by atoms with Gasteiger partial charge in [0.2, 0.25) is 0 Å². The van der Waals surface area contributed by atoms with Gasteiger partial charge < -0.3 is 68.0 Å². The minimum Gasteiger partial charge on any atom is -0.507 e. The Labute approximate surface area is 756 Å². The first-order valence-electron chi connectivity index (χ1n) is 32.7. The lowest BCUT2D eigenvalue weighted by molar-refractivity contribution is -0.168. The van der Waals surface area contributed by atoms with Gasteiger partial charge in [-0.05, 0) is 96.5 Å². The van der Waals surface area contributed by atoms with Crippen LogP contribution in [0.4, 0.5) is 114 Å². The first-order chi connectivity index (χ1) is 59.4. The molecule has 2 amide bonds. The highest BCUT2D eigenvalue weighted by Crippen LogP contribution is 2.34. The number of carbonyl (C=O) groups is 5. The predicted molar refractivity (Wildman–Crippen MR) is 438 cm³/mol. The molecule has 0 unspecified atom stereocenters. The average molecular weight is 2090 g/mol. The summed E-state index contributed by atoms with van der Waals surface area (Å²) in [6, 6.07) is 23.1. The number of nitrogens with zero attached hydrogens (tertiary/aromatic N) is 13. The van der Waals surface area contributed by atoms with E-state index in [9.17, 15) is 118 Å². The predicted octanol–water partition coefficient (Wildman–Crippen LogP) is 16.8. The van der Waals surface area contributed by atoms with Crippen molar-refractivity contribution in [3.8, 4) is 23.0 Å². The van der Waals surface area contributed by atoms with Crippen LogP contribution >= 0.6 is 102 Å². The SMILES string of the molecule is COc1ccc(Cl)cc1C(=O)Cl.COc1ccc(Cl)cc1C(=O)Nc1cnc(C(F)(F)F)cn1.COc1ccc(Cl)cc1C(=O)O.Cl.Nc1cnc(C(F)(F)F)cn1.Nc1cnc(C(F)(F)F)cn1.Nc1nc[nH]c(=O)c1N.O=C(C(Br)Br)C(F)(F)F.O=C(Nc1cnc(C(F)(F)F)cn1)c1cc(Cl)ccc1O.O=c1[nH]cnc2ncc(C(F)(F)F)nc12.c1ccncc1. The molecule has 0 saturated heterocycles. The van der Waals surface area contributed by atoms with Crippen molar-refractivity contribution in [2.75, 3.05) is 54.9 Å². The summed E-state index contributed by atoms with van der Waals surface area (Å²) in [6.45, 7) is 0. The maximum absolute atomic E-state index is 12.4. The van der Waals surface area contributed by atoms with Crippen molar-refractivity contribution in [1.29, 1.82) is 0 Å². The maximum atomic E-state index is 12.4. The van der Waals surface area contributed by atoms with Crippen LogP contribution in [0.3, 0.4) is 0 Å². The lowest BCUT2D eigenvalue weighted by Crippen LogP contribution is -2.27. The number of halogens is 26. The molecule has 0 atom stereocenters. The zero-order valence-electron chi connectivity index (χ0n) is 63.7. The number of alkyl halides is 20. The lowest BCUT2D eigenvalue weighted by atomic mass is 10.2. The van der Waals surface area contributed by atoms with Crippen LogP contribution < -0.4 is 58.9 Å². The zero-order chi connectivity index (χ0) is 97.0. The van der Waals surface area contributed by atoms with E-state index in [1.54, 1.807) is 30.6 Å². The monoisotopic (exact) mass is 2090 g/mol. The number of nitrogen functional groups attached to an aromatic ring is 4. The molecule has 12 aromatic rings. The third-order valence-electron chi connectivity index (χ3n) is 13.3. The van der Waals surface area contributed by atoms with Crippen molar-refractivity contribution in [3.63, 3.8) is 0 Å². The Morgan fingerprint density at radius 2 is 0.806 bits per heavy atom. The minimum atomic E-state index is -4.75. The number of nitrogens with two attached hydrogens (primary N) is 4. The van der Waals surface area contributed by atoms with Crippen LogP contribution in [-0.2, 0) is 35.7 Å². The number of fused-ring (bicyclic) bond motifs is 1. The normalized spacial score (nSPS) is 10.7. The number of H-pyrrole nitrogens is 2. The summed E-state index contributed by atoms with van der Waals surface area (Å²) in [5.74, 6) is -3.90. The van der Waals surface area contributed by atoms with Crippen LogP contribution in [0.25, 0.3) is 11.2 Å². The fourth-order valence-corrected chi connectivity index (χ4v) is 8.85. The van der Waals surface area contributed by atoms with Crippen molar-refractivity contribution in [2.24, 2.45) is 0 Å². The van der Waals surface area contributed by atoms with Gasteiger partial charge in [0.25, 0.3) is 34.0 Å². The van der Waals surface area contributed by atoms with E-state index in [1.807, 2.05) is 18.2 Å². The Bertz CT molecular complexity index is 5640. The van der Waals surface area contributed by atoms with Gasteiger partial charge >= 0.3 is 43.0 Å². The number of carbonyl (C=O) groups excluding carboxylic acids is 4. The number of ether oxygens (including phenoxy) is 3. The lowest BCUT2D eigenvalue weighted by Gasteiger charge is -2.10. The number of anilines is 6. The summed E-state index contributed by atoms with van der Waals surface area (Å²) >= 11 is 32.9. The Morgan fingerprint density at radius 1 is 0.450 bits per heavy atom. The van der Waals surface area contributed by atoms with Gasteiger partial charge in [-0.2, -0.15) is 79.0 Å². The summed E-state index contributed by atoms with van der Waals surface area (Å²) in [4.78, 5) is 125. The first-order valence-corrected chi connectivity index (χ1v) is 36.4. The van der Waals surface area contributed by atoms with E-state index in [2.05, 4.69) is 117 Å². The number of aromatic hydroxyl groups is 1. The maximum Gasteiger partial charge on any atom is 0.452 e. The number of rotatable bonds is 10.